The van der Waals surface area contributed by atoms with Gasteiger partial charge in [-0.25, -0.2) is 12.7 Å². The first-order valence-corrected chi connectivity index (χ1v) is 8.75. The third-order valence-electron chi connectivity index (χ3n) is 3.76. The number of aryl methyl sites for hydroxylation is 1. The summed E-state index contributed by atoms with van der Waals surface area (Å²) >= 11 is 0. The van der Waals surface area contributed by atoms with Crippen molar-refractivity contribution in [3.05, 3.63) is 29.6 Å². The minimum absolute atomic E-state index is 0.193. The Kier molecular flexibility index (Phi) is 5.12. The van der Waals surface area contributed by atoms with Gasteiger partial charge in [0.2, 0.25) is 10.0 Å². The second kappa shape index (κ2) is 6.65. The van der Waals surface area contributed by atoms with Crippen LogP contribution in [-0.4, -0.2) is 42.6 Å². The number of pyridine rings is 1. The number of aromatic nitrogens is 1. The quantitative estimate of drug-likeness (QED) is 0.889. The molecule has 1 N–H and O–H groups in total. The second-order valence-electron chi connectivity index (χ2n) is 5.28. The predicted molar refractivity (Wildman–Crippen MR) is 79.9 cm³/mol. The lowest BCUT2D eigenvalue weighted by Crippen LogP contribution is -2.45. The largest absolute Gasteiger partial charge is 0.308 e. The Bertz CT molecular complexity index is 520. The van der Waals surface area contributed by atoms with Crippen LogP contribution in [0.5, 0.6) is 0 Å². The normalized spacial score (nSPS) is 18.3. The Labute approximate surface area is 121 Å². The van der Waals surface area contributed by atoms with E-state index < -0.39 is 10.0 Å². The summed E-state index contributed by atoms with van der Waals surface area (Å²) in [7, 11) is -3.02. The molecule has 112 valence electrons. The molecule has 0 atom stereocenters. The third kappa shape index (κ3) is 4.01. The highest BCUT2D eigenvalue weighted by atomic mass is 32.2. The maximum Gasteiger partial charge on any atom is 0.213 e. The fourth-order valence-corrected chi connectivity index (χ4v) is 3.50. The van der Waals surface area contributed by atoms with Crippen LogP contribution in [0.15, 0.2) is 18.3 Å². The van der Waals surface area contributed by atoms with E-state index in [1.54, 1.807) is 11.2 Å². The van der Waals surface area contributed by atoms with Crippen LogP contribution < -0.4 is 5.32 Å². The van der Waals surface area contributed by atoms with Crippen LogP contribution in [0.2, 0.25) is 0 Å². The number of rotatable bonds is 5. The highest BCUT2D eigenvalue weighted by molar-refractivity contribution is 7.89. The fraction of sp³-hybridized carbons (Fsp3) is 0.643. The lowest BCUT2D eigenvalue weighted by molar-refractivity contribution is 0.288. The maximum atomic E-state index is 11.8. The average molecular weight is 297 g/mol. The van der Waals surface area contributed by atoms with E-state index in [4.69, 9.17) is 0 Å². The van der Waals surface area contributed by atoms with Crippen LogP contribution in [0.25, 0.3) is 0 Å². The Hall–Kier alpha value is -0.980. The zero-order valence-electron chi connectivity index (χ0n) is 12.2. The number of hydrogen-bond donors (Lipinski definition) is 1. The molecule has 0 aromatic carbocycles. The lowest BCUT2D eigenvalue weighted by atomic mass is 10.1. The zero-order valence-corrected chi connectivity index (χ0v) is 13.0. The van der Waals surface area contributed by atoms with Crippen LogP contribution in [0.1, 0.15) is 31.0 Å². The molecule has 0 aliphatic carbocycles. The van der Waals surface area contributed by atoms with Crippen molar-refractivity contribution in [1.29, 1.82) is 0 Å². The van der Waals surface area contributed by atoms with Crippen molar-refractivity contribution >= 4 is 10.0 Å². The molecule has 2 heterocycles. The summed E-state index contributed by atoms with van der Waals surface area (Å²) < 4.78 is 25.1. The monoisotopic (exact) mass is 297 g/mol. The second-order valence-corrected chi connectivity index (χ2v) is 7.54. The van der Waals surface area contributed by atoms with Gasteiger partial charge < -0.3 is 5.32 Å². The van der Waals surface area contributed by atoms with Crippen LogP contribution >= 0.6 is 0 Å². The van der Waals surface area contributed by atoms with Crippen molar-refractivity contribution in [1.82, 2.24) is 14.6 Å². The summed E-state index contributed by atoms with van der Waals surface area (Å²) in [5, 5.41) is 3.46. The minimum atomic E-state index is -3.02. The van der Waals surface area contributed by atoms with Crippen molar-refractivity contribution in [3.8, 4) is 0 Å². The molecule has 2 rings (SSSR count). The molecule has 1 saturated heterocycles. The van der Waals surface area contributed by atoms with Gasteiger partial charge in [0.05, 0.1) is 11.4 Å². The first kappa shape index (κ1) is 15.4. The van der Waals surface area contributed by atoms with Gasteiger partial charge in [0.25, 0.3) is 0 Å². The molecule has 1 aliphatic heterocycles. The zero-order chi connectivity index (χ0) is 14.6. The van der Waals surface area contributed by atoms with E-state index in [1.165, 1.54) is 0 Å². The van der Waals surface area contributed by atoms with E-state index in [-0.39, 0.29) is 5.75 Å². The third-order valence-corrected chi connectivity index (χ3v) is 5.64. The predicted octanol–water partition coefficient (Wildman–Crippen LogP) is 1.29. The highest BCUT2D eigenvalue weighted by Crippen LogP contribution is 2.14. The van der Waals surface area contributed by atoms with E-state index >= 15 is 0 Å². The smallest absolute Gasteiger partial charge is 0.213 e. The van der Waals surface area contributed by atoms with Crippen molar-refractivity contribution < 1.29 is 8.42 Å². The van der Waals surface area contributed by atoms with Gasteiger partial charge in [-0.3, -0.25) is 4.98 Å². The number of hydrogen-bond acceptors (Lipinski definition) is 4. The summed E-state index contributed by atoms with van der Waals surface area (Å²) in [6.45, 7) is 5.70. The maximum absolute atomic E-state index is 11.8. The van der Waals surface area contributed by atoms with Crippen LogP contribution in [0.4, 0.5) is 0 Å². The SMILES string of the molecule is CCS(=O)(=O)N1CCC(NCc2ccc(C)cn2)CC1. The van der Waals surface area contributed by atoms with Crippen molar-refractivity contribution in [2.45, 2.75) is 39.3 Å². The minimum Gasteiger partial charge on any atom is -0.308 e. The molecular weight excluding hydrogens is 274 g/mol. The molecule has 20 heavy (non-hydrogen) atoms. The van der Waals surface area contributed by atoms with Gasteiger partial charge in [-0.2, -0.15) is 0 Å². The molecule has 0 radical (unpaired) electrons. The van der Waals surface area contributed by atoms with E-state index in [9.17, 15) is 8.42 Å². The molecule has 0 saturated carbocycles. The Morgan fingerprint density at radius 3 is 2.60 bits per heavy atom. The van der Waals surface area contributed by atoms with Crippen LogP contribution in [0.3, 0.4) is 0 Å². The standard InChI is InChI=1S/C14H23N3O2S/c1-3-20(18,19)17-8-6-13(7-9-17)16-11-14-5-4-12(2)10-15-14/h4-5,10,13,16H,3,6-9,11H2,1-2H3. The van der Waals surface area contributed by atoms with Crippen molar-refractivity contribution in [2.24, 2.45) is 0 Å². The molecule has 0 bridgehead atoms. The van der Waals surface area contributed by atoms with Crippen LogP contribution in [0, 0.1) is 6.92 Å². The summed E-state index contributed by atoms with van der Waals surface area (Å²) in [6, 6.07) is 4.46. The van der Waals surface area contributed by atoms with Crippen LogP contribution in [-0.2, 0) is 16.6 Å². The molecule has 0 unspecified atom stereocenters. The van der Waals surface area contributed by atoms with Gasteiger partial charge in [0.1, 0.15) is 0 Å². The number of sulfonamides is 1. The van der Waals surface area contributed by atoms with Crippen molar-refractivity contribution in [3.63, 3.8) is 0 Å². The van der Waals surface area contributed by atoms with Gasteiger partial charge in [-0.1, -0.05) is 6.07 Å². The molecular formula is C14H23N3O2S. The summed E-state index contributed by atoms with van der Waals surface area (Å²) in [5.74, 6) is 0.193. The van der Waals surface area contributed by atoms with Gasteiger partial charge in [-0.15, -0.1) is 0 Å². The molecule has 1 aromatic heterocycles. The Morgan fingerprint density at radius 2 is 2.05 bits per heavy atom. The summed E-state index contributed by atoms with van der Waals surface area (Å²) in [4.78, 5) is 4.36. The molecule has 0 amide bonds. The Morgan fingerprint density at radius 1 is 1.35 bits per heavy atom. The Balaban J connectivity index is 1.79. The van der Waals surface area contributed by atoms with E-state index in [0.29, 0.717) is 19.1 Å². The van der Waals surface area contributed by atoms with Gasteiger partial charge in [-0.05, 0) is 38.3 Å². The van der Waals surface area contributed by atoms with Gasteiger partial charge in [0, 0.05) is 31.9 Å². The number of nitrogens with zero attached hydrogens (tertiary/aromatic N) is 2. The topological polar surface area (TPSA) is 62.3 Å². The molecule has 1 aromatic rings. The van der Waals surface area contributed by atoms with Gasteiger partial charge in [0.15, 0.2) is 0 Å². The fourth-order valence-electron chi connectivity index (χ4n) is 2.37. The molecule has 6 heteroatoms. The van der Waals surface area contributed by atoms with Crippen molar-refractivity contribution in [2.75, 3.05) is 18.8 Å². The first-order chi connectivity index (χ1) is 9.51. The summed E-state index contributed by atoms with van der Waals surface area (Å²) in [6.07, 6.45) is 3.60. The molecule has 5 nitrogen and oxygen atoms in total. The highest BCUT2D eigenvalue weighted by Gasteiger charge is 2.26. The van der Waals surface area contributed by atoms with E-state index in [1.807, 2.05) is 19.2 Å². The average Bonchev–Trinajstić information content (AvgIpc) is 2.47. The first-order valence-electron chi connectivity index (χ1n) is 7.14. The summed E-state index contributed by atoms with van der Waals surface area (Å²) in [5.41, 5.74) is 2.19. The van der Waals surface area contributed by atoms with E-state index in [2.05, 4.69) is 16.4 Å². The molecule has 1 aliphatic rings. The van der Waals surface area contributed by atoms with Gasteiger partial charge >= 0.3 is 0 Å². The molecule has 1 fully saturated rings. The number of piperidine rings is 1. The molecule has 0 spiro atoms. The number of nitrogens with one attached hydrogen (secondary N) is 1. The van der Waals surface area contributed by atoms with E-state index in [0.717, 1.165) is 30.6 Å². The lowest BCUT2D eigenvalue weighted by Gasteiger charge is -2.31.